The van der Waals surface area contributed by atoms with E-state index in [2.05, 4.69) is 9.97 Å². The fourth-order valence-corrected chi connectivity index (χ4v) is 2.94. The Hall–Kier alpha value is -3.19. The van der Waals surface area contributed by atoms with E-state index in [1.54, 1.807) is 36.3 Å². The average molecular weight is 380 g/mol. The summed E-state index contributed by atoms with van der Waals surface area (Å²) in [4.78, 5) is 36.3. The predicted octanol–water partition coefficient (Wildman–Crippen LogP) is 2.28. The number of aromatic nitrogens is 2. The normalized spacial score (nSPS) is 10.8. The van der Waals surface area contributed by atoms with Crippen molar-refractivity contribution in [3.63, 3.8) is 0 Å². The Balaban J connectivity index is 1.91. The second-order valence-electron chi connectivity index (χ2n) is 6.69. The summed E-state index contributed by atoms with van der Waals surface area (Å²) < 4.78 is 5.16. The molecule has 7 nitrogen and oxygen atoms in total. The number of H-pyrrole nitrogens is 1. The van der Waals surface area contributed by atoms with Gasteiger partial charge in [-0.15, -0.1) is 0 Å². The Labute approximate surface area is 163 Å². The van der Waals surface area contributed by atoms with E-state index in [4.69, 9.17) is 4.74 Å². The number of carbonyl (C=O) groups excluding carboxylic acids is 1. The van der Waals surface area contributed by atoms with E-state index in [1.165, 1.54) is 0 Å². The van der Waals surface area contributed by atoms with Gasteiger partial charge in [-0.05, 0) is 30.3 Å². The van der Waals surface area contributed by atoms with Crippen molar-refractivity contribution < 1.29 is 9.53 Å². The molecule has 0 saturated carbocycles. The van der Waals surface area contributed by atoms with Crippen LogP contribution in [0.1, 0.15) is 16.2 Å². The van der Waals surface area contributed by atoms with Crippen LogP contribution in [0.25, 0.3) is 10.9 Å². The minimum atomic E-state index is -0.214. The molecule has 1 N–H and O–H groups in total. The highest BCUT2D eigenvalue weighted by Gasteiger charge is 2.18. The van der Waals surface area contributed by atoms with Gasteiger partial charge in [0.25, 0.3) is 11.5 Å². The van der Waals surface area contributed by atoms with E-state index in [1.807, 2.05) is 43.3 Å². The zero-order chi connectivity index (χ0) is 20.1. The second-order valence-corrected chi connectivity index (χ2v) is 6.69. The lowest BCUT2D eigenvalue weighted by molar-refractivity contribution is 0.0675. The molecule has 2 aromatic carbocycles. The number of fused-ring (bicyclic) bond motifs is 1. The topological polar surface area (TPSA) is 78.5 Å². The van der Waals surface area contributed by atoms with Gasteiger partial charge in [-0.25, -0.2) is 4.98 Å². The number of anilines is 1. The van der Waals surface area contributed by atoms with Gasteiger partial charge in [-0.1, -0.05) is 18.2 Å². The SMILES string of the molecule is COCCN(Cc1nc2ccccc2c(=O)[nH]1)C(=O)c1cccc(N(C)C)c1. The number of benzene rings is 2. The molecule has 3 aromatic rings. The van der Waals surface area contributed by atoms with E-state index in [0.29, 0.717) is 35.4 Å². The summed E-state index contributed by atoms with van der Waals surface area (Å²) >= 11 is 0. The number of carbonyl (C=O) groups is 1. The summed E-state index contributed by atoms with van der Waals surface area (Å²) in [6, 6.07) is 14.6. The lowest BCUT2D eigenvalue weighted by Gasteiger charge is -2.23. The molecule has 0 fully saturated rings. The average Bonchev–Trinajstić information content (AvgIpc) is 2.70. The van der Waals surface area contributed by atoms with Crippen LogP contribution in [-0.2, 0) is 11.3 Å². The van der Waals surface area contributed by atoms with E-state index in [-0.39, 0.29) is 18.0 Å². The Morgan fingerprint density at radius 2 is 1.93 bits per heavy atom. The molecule has 0 unspecified atom stereocenters. The molecule has 1 amide bonds. The van der Waals surface area contributed by atoms with Gasteiger partial charge in [-0.2, -0.15) is 0 Å². The quantitative estimate of drug-likeness (QED) is 0.680. The number of ether oxygens (including phenoxy) is 1. The van der Waals surface area contributed by atoms with Gasteiger partial charge >= 0.3 is 0 Å². The maximum absolute atomic E-state index is 13.1. The lowest BCUT2D eigenvalue weighted by Crippen LogP contribution is -2.34. The summed E-state index contributed by atoms with van der Waals surface area (Å²) in [6.45, 7) is 0.962. The van der Waals surface area contributed by atoms with E-state index in [9.17, 15) is 9.59 Å². The standard InChI is InChI=1S/C21H24N4O3/c1-24(2)16-8-6-7-15(13-16)21(27)25(11-12-28-3)14-19-22-18-10-5-4-9-17(18)20(26)23-19/h4-10,13H,11-12,14H2,1-3H3,(H,22,23,26). The maximum Gasteiger partial charge on any atom is 0.258 e. The third-order valence-electron chi connectivity index (χ3n) is 4.46. The Morgan fingerprint density at radius 1 is 1.14 bits per heavy atom. The van der Waals surface area contributed by atoms with Crippen LogP contribution >= 0.6 is 0 Å². The van der Waals surface area contributed by atoms with Crippen molar-refractivity contribution in [1.82, 2.24) is 14.9 Å². The van der Waals surface area contributed by atoms with Gasteiger partial charge in [0.05, 0.1) is 24.1 Å². The first-order valence-corrected chi connectivity index (χ1v) is 9.03. The molecule has 1 heterocycles. The summed E-state index contributed by atoms with van der Waals surface area (Å²) in [5, 5.41) is 0.528. The highest BCUT2D eigenvalue weighted by Crippen LogP contribution is 2.16. The lowest BCUT2D eigenvalue weighted by atomic mass is 10.1. The molecule has 0 aliphatic carbocycles. The van der Waals surface area contributed by atoms with Crippen molar-refractivity contribution in [3.05, 3.63) is 70.3 Å². The fourth-order valence-electron chi connectivity index (χ4n) is 2.94. The van der Waals surface area contributed by atoms with Crippen molar-refractivity contribution in [2.75, 3.05) is 39.3 Å². The smallest absolute Gasteiger partial charge is 0.258 e. The van der Waals surface area contributed by atoms with Crippen LogP contribution in [0.3, 0.4) is 0 Å². The van der Waals surface area contributed by atoms with Crippen molar-refractivity contribution in [2.45, 2.75) is 6.54 Å². The zero-order valence-electron chi connectivity index (χ0n) is 16.3. The van der Waals surface area contributed by atoms with Crippen LogP contribution in [0.15, 0.2) is 53.3 Å². The first-order valence-electron chi connectivity index (χ1n) is 9.03. The molecule has 28 heavy (non-hydrogen) atoms. The second kappa shape index (κ2) is 8.67. The number of para-hydroxylation sites is 1. The third-order valence-corrected chi connectivity index (χ3v) is 4.46. The summed E-state index contributed by atoms with van der Waals surface area (Å²) in [6.07, 6.45) is 0. The van der Waals surface area contributed by atoms with Gasteiger partial charge in [0.1, 0.15) is 5.82 Å². The fraction of sp³-hybridized carbons (Fsp3) is 0.286. The third kappa shape index (κ3) is 4.37. The van der Waals surface area contributed by atoms with Gasteiger partial charge in [0.15, 0.2) is 0 Å². The van der Waals surface area contributed by atoms with Crippen molar-refractivity contribution in [3.8, 4) is 0 Å². The molecule has 0 atom stereocenters. The minimum Gasteiger partial charge on any atom is -0.383 e. The molecule has 1 aromatic heterocycles. The van der Waals surface area contributed by atoms with Crippen LogP contribution in [-0.4, -0.2) is 55.1 Å². The van der Waals surface area contributed by atoms with Crippen LogP contribution in [0, 0.1) is 0 Å². The van der Waals surface area contributed by atoms with Gasteiger partial charge in [0, 0.05) is 39.0 Å². The number of methoxy groups -OCH3 is 1. The zero-order valence-corrected chi connectivity index (χ0v) is 16.3. The number of amides is 1. The molecule has 0 saturated heterocycles. The van der Waals surface area contributed by atoms with E-state index in [0.717, 1.165) is 5.69 Å². The molecular weight excluding hydrogens is 356 g/mol. The van der Waals surface area contributed by atoms with Crippen molar-refractivity contribution in [2.24, 2.45) is 0 Å². The van der Waals surface area contributed by atoms with Crippen molar-refractivity contribution in [1.29, 1.82) is 0 Å². The summed E-state index contributed by atoms with van der Waals surface area (Å²) in [5.41, 5.74) is 1.91. The summed E-state index contributed by atoms with van der Waals surface area (Å²) in [5.74, 6) is 0.300. The molecular formula is C21H24N4O3. The monoisotopic (exact) mass is 380 g/mol. The number of rotatable bonds is 7. The highest BCUT2D eigenvalue weighted by molar-refractivity contribution is 5.95. The number of hydrogen-bond donors (Lipinski definition) is 1. The Kier molecular flexibility index (Phi) is 6.06. The highest BCUT2D eigenvalue weighted by atomic mass is 16.5. The van der Waals surface area contributed by atoms with Crippen LogP contribution in [0.4, 0.5) is 5.69 Å². The first-order chi connectivity index (χ1) is 13.5. The van der Waals surface area contributed by atoms with Gasteiger partial charge < -0.3 is 19.5 Å². The molecule has 0 aliphatic rings. The first kappa shape index (κ1) is 19.6. The Morgan fingerprint density at radius 3 is 2.68 bits per heavy atom. The van der Waals surface area contributed by atoms with E-state index < -0.39 is 0 Å². The minimum absolute atomic E-state index is 0.142. The largest absolute Gasteiger partial charge is 0.383 e. The number of hydrogen-bond acceptors (Lipinski definition) is 5. The van der Waals surface area contributed by atoms with Gasteiger partial charge in [0.2, 0.25) is 0 Å². The molecule has 7 heteroatoms. The van der Waals surface area contributed by atoms with Gasteiger partial charge in [-0.3, -0.25) is 9.59 Å². The number of aromatic amines is 1. The number of nitrogens with one attached hydrogen (secondary N) is 1. The molecule has 0 bridgehead atoms. The molecule has 146 valence electrons. The molecule has 0 aliphatic heterocycles. The molecule has 0 spiro atoms. The summed E-state index contributed by atoms with van der Waals surface area (Å²) in [7, 11) is 5.44. The molecule has 3 rings (SSSR count). The predicted molar refractivity (Wildman–Crippen MR) is 110 cm³/mol. The van der Waals surface area contributed by atoms with Crippen molar-refractivity contribution >= 4 is 22.5 Å². The van der Waals surface area contributed by atoms with Crippen LogP contribution < -0.4 is 10.5 Å². The van der Waals surface area contributed by atoms with Crippen LogP contribution in [0.2, 0.25) is 0 Å². The maximum atomic E-state index is 13.1. The van der Waals surface area contributed by atoms with Crippen LogP contribution in [0.5, 0.6) is 0 Å². The Bertz CT molecular complexity index is 1030. The van der Waals surface area contributed by atoms with E-state index >= 15 is 0 Å². The number of nitrogens with zero attached hydrogens (tertiary/aromatic N) is 3. The molecule has 0 radical (unpaired) electrons.